The minimum absolute atomic E-state index is 0.0782. The third-order valence-electron chi connectivity index (χ3n) is 3.67. The molecule has 0 saturated carbocycles. The summed E-state index contributed by atoms with van der Waals surface area (Å²) in [5, 5.41) is 5.14. The summed E-state index contributed by atoms with van der Waals surface area (Å²) < 4.78 is 33.8. The minimum Gasteiger partial charge on any atom is -0.452 e. The molecule has 0 unspecified atom stereocenters. The Balaban J connectivity index is 1.71. The number of sulfonamides is 1. The van der Waals surface area contributed by atoms with Crippen LogP contribution in [0.1, 0.15) is 21.8 Å². The molecule has 0 aliphatic carbocycles. The molecule has 26 heavy (non-hydrogen) atoms. The summed E-state index contributed by atoms with van der Waals surface area (Å²) in [6, 6.07) is 13.5. The number of aromatic nitrogens is 1. The predicted octanol–water partition coefficient (Wildman–Crippen LogP) is 2.65. The van der Waals surface area contributed by atoms with Gasteiger partial charge in [-0.05, 0) is 24.6 Å². The average Bonchev–Trinajstić information content (AvgIpc) is 3.09. The molecule has 3 rings (SSSR count). The van der Waals surface area contributed by atoms with Crippen molar-refractivity contribution in [3.63, 3.8) is 0 Å². The van der Waals surface area contributed by atoms with Crippen LogP contribution in [0.4, 0.5) is 0 Å². The quantitative estimate of drug-likeness (QED) is 0.689. The molecule has 0 spiro atoms. The average molecular weight is 372 g/mol. The van der Waals surface area contributed by atoms with Crippen molar-refractivity contribution in [3.8, 4) is 11.3 Å². The summed E-state index contributed by atoms with van der Waals surface area (Å²) in [7, 11) is -3.92. The third-order valence-corrected chi connectivity index (χ3v) is 4.72. The number of esters is 1. The maximum atomic E-state index is 12.2. The molecule has 2 aromatic carbocycles. The van der Waals surface area contributed by atoms with Crippen LogP contribution in [0.2, 0.25) is 0 Å². The molecule has 1 heterocycles. The van der Waals surface area contributed by atoms with E-state index < -0.39 is 16.0 Å². The molecule has 0 fully saturated rings. The van der Waals surface area contributed by atoms with Gasteiger partial charge in [0.05, 0.1) is 16.7 Å². The second kappa shape index (κ2) is 7.11. The molecule has 0 radical (unpaired) electrons. The molecule has 8 heteroatoms. The molecular formula is C18H16N2O5S. The Morgan fingerprint density at radius 2 is 1.92 bits per heavy atom. The molecule has 1 aromatic heterocycles. The van der Waals surface area contributed by atoms with E-state index in [1.807, 2.05) is 30.3 Å². The number of carbonyl (C=O) groups excluding carboxylic acids is 1. The van der Waals surface area contributed by atoms with Crippen LogP contribution in [0.3, 0.4) is 0 Å². The van der Waals surface area contributed by atoms with Gasteiger partial charge in [-0.1, -0.05) is 36.4 Å². The first-order valence-corrected chi connectivity index (χ1v) is 9.20. The van der Waals surface area contributed by atoms with E-state index in [9.17, 15) is 13.2 Å². The highest BCUT2D eigenvalue weighted by molar-refractivity contribution is 7.89. The van der Waals surface area contributed by atoms with Gasteiger partial charge in [0, 0.05) is 5.56 Å². The Labute approximate surface area is 150 Å². The highest BCUT2D eigenvalue weighted by atomic mass is 32.2. The van der Waals surface area contributed by atoms with Crippen LogP contribution in [0.5, 0.6) is 0 Å². The second-order valence-corrected chi connectivity index (χ2v) is 7.12. The van der Waals surface area contributed by atoms with Gasteiger partial charge < -0.3 is 9.15 Å². The van der Waals surface area contributed by atoms with Gasteiger partial charge in [-0.3, -0.25) is 0 Å². The maximum Gasteiger partial charge on any atom is 0.338 e. The lowest BCUT2D eigenvalue weighted by Gasteiger charge is -2.07. The Hall–Kier alpha value is -2.97. The van der Waals surface area contributed by atoms with Gasteiger partial charge in [-0.15, -0.1) is 0 Å². The highest BCUT2D eigenvalue weighted by Crippen LogP contribution is 2.21. The first-order chi connectivity index (χ1) is 12.3. The van der Waals surface area contributed by atoms with Gasteiger partial charge in [-0.2, -0.15) is 0 Å². The molecule has 0 aliphatic rings. The molecule has 7 nitrogen and oxygen atoms in total. The molecule has 3 aromatic rings. The second-order valence-electron chi connectivity index (χ2n) is 5.59. The van der Waals surface area contributed by atoms with E-state index in [2.05, 4.69) is 4.98 Å². The summed E-state index contributed by atoms with van der Waals surface area (Å²) in [6.45, 7) is 1.41. The van der Waals surface area contributed by atoms with Crippen molar-refractivity contribution < 1.29 is 22.4 Å². The van der Waals surface area contributed by atoms with E-state index in [1.165, 1.54) is 18.2 Å². The van der Waals surface area contributed by atoms with Crippen LogP contribution < -0.4 is 5.14 Å². The first-order valence-electron chi connectivity index (χ1n) is 7.65. The highest BCUT2D eigenvalue weighted by Gasteiger charge is 2.17. The predicted molar refractivity (Wildman–Crippen MR) is 93.6 cm³/mol. The molecular weight excluding hydrogens is 356 g/mol. The molecule has 2 N–H and O–H groups in total. The number of nitrogens with zero attached hydrogens (tertiary/aromatic N) is 1. The van der Waals surface area contributed by atoms with E-state index in [1.54, 1.807) is 13.1 Å². The minimum atomic E-state index is -3.92. The Morgan fingerprint density at radius 1 is 1.19 bits per heavy atom. The van der Waals surface area contributed by atoms with Crippen LogP contribution in [0.15, 0.2) is 64.0 Å². The number of nitrogens with two attached hydrogens (primary N) is 1. The van der Waals surface area contributed by atoms with Crippen molar-refractivity contribution in [3.05, 3.63) is 71.7 Å². The normalized spacial score (nSPS) is 11.3. The van der Waals surface area contributed by atoms with Crippen molar-refractivity contribution in [2.24, 2.45) is 5.14 Å². The van der Waals surface area contributed by atoms with E-state index in [-0.39, 0.29) is 23.0 Å². The Morgan fingerprint density at radius 3 is 2.62 bits per heavy atom. The van der Waals surface area contributed by atoms with E-state index in [4.69, 9.17) is 14.3 Å². The van der Waals surface area contributed by atoms with Gasteiger partial charge in [-0.25, -0.2) is 23.3 Å². The SMILES string of the molecule is Cc1ccc(C(=O)OCc2ncc(-c3ccccc3)o2)cc1S(N)(=O)=O. The molecule has 0 aliphatic heterocycles. The first kappa shape index (κ1) is 17.8. The molecule has 134 valence electrons. The van der Waals surface area contributed by atoms with E-state index in [0.29, 0.717) is 11.3 Å². The molecule has 0 bridgehead atoms. The number of hydrogen-bond acceptors (Lipinski definition) is 6. The lowest BCUT2D eigenvalue weighted by Crippen LogP contribution is -2.15. The number of rotatable bonds is 5. The van der Waals surface area contributed by atoms with Gasteiger partial charge >= 0.3 is 5.97 Å². The van der Waals surface area contributed by atoms with E-state index in [0.717, 1.165) is 5.56 Å². The number of ether oxygens (including phenoxy) is 1. The van der Waals surface area contributed by atoms with Crippen molar-refractivity contribution >= 4 is 16.0 Å². The van der Waals surface area contributed by atoms with Gasteiger partial charge in [0.1, 0.15) is 0 Å². The van der Waals surface area contributed by atoms with Crippen molar-refractivity contribution in [2.45, 2.75) is 18.4 Å². The fourth-order valence-corrected chi connectivity index (χ4v) is 3.17. The van der Waals surface area contributed by atoms with Crippen LogP contribution in [-0.2, 0) is 21.4 Å². The number of carbonyl (C=O) groups is 1. The fraction of sp³-hybridized carbons (Fsp3) is 0.111. The summed E-state index contributed by atoms with van der Waals surface area (Å²) in [5.41, 5.74) is 1.38. The molecule has 0 amide bonds. The molecule has 0 atom stereocenters. The third kappa shape index (κ3) is 3.98. The summed E-state index contributed by atoms with van der Waals surface area (Å²) in [4.78, 5) is 16.1. The molecule has 0 saturated heterocycles. The fourth-order valence-electron chi connectivity index (χ4n) is 2.36. The standard InChI is InChI=1S/C18H16N2O5S/c1-12-7-8-14(9-16(12)26(19,22)23)18(21)24-11-17-20-10-15(25-17)13-5-3-2-4-6-13/h2-10H,11H2,1H3,(H2,19,22,23). The van der Waals surface area contributed by atoms with Crippen LogP contribution in [0, 0.1) is 6.92 Å². The van der Waals surface area contributed by atoms with Gasteiger partial charge in [0.25, 0.3) is 0 Å². The van der Waals surface area contributed by atoms with Crippen LogP contribution >= 0.6 is 0 Å². The smallest absolute Gasteiger partial charge is 0.338 e. The zero-order valence-electron chi connectivity index (χ0n) is 13.9. The van der Waals surface area contributed by atoms with Crippen LogP contribution in [0.25, 0.3) is 11.3 Å². The number of benzene rings is 2. The van der Waals surface area contributed by atoms with E-state index >= 15 is 0 Å². The van der Waals surface area contributed by atoms with Gasteiger partial charge in [0.2, 0.25) is 15.9 Å². The number of oxazole rings is 1. The van der Waals surface area contributed by atoms with Gasteiger partial charge in [0.15, 0.2) is 12.4 Å². The number of primary sulfonamides is 1. The Bertz CT molecular complexity index is 1040. The zero-order valence-corrected chi connectivity index (χ0v) is 14.7. The summed E-state index contributed by atoms with van der Waals surface area (Å²) in [6.07, 6.45) is 1.55. The topological polar surface area (TPSA) is 112 Å². The maximum absolute atomic E-state index is 12.2. The monoisotopic (exact) mass is 372 g/mol. The summed E-state index contributed by atoms with van der Waals surface area (Å²) >= 11 is 0. The van der Waals surface area contributed by atoms with Crippen LogP contribution in [-0.4, -0.2) is 19.4 Å². The van der Waals surface area contributed by atoms with Crippen molar-refractivity contribution in [2.75, 3.05) is 0 Å². The number of aryl methyl sites for hydroxylation is 1. The van der Waals surface area contributed by atoms with Crippen molar-refractivity contribution in [1.29, 1.82) is 0 Å². The zero-order chi connectivity index (χ0) is 18.7. The Kier molecular flexibility index (Phi) is 4.88. The largest absolute Gasteiger partial charge is 0.452 e. The lowest BCUT2D eigenvalue weighted by molar-refractivity contribution is 0.0438. The summed E-state index contributed by atoms with van der Waals surface area (Å²) in [5.74, 6) is 0.0915. The number of hydrogen-bond donors (Lipinski definition) is 1. The van der Waals surface area contributed by atoms with Crippen molar-refractivity contribution in [1.82, 2.24) is 4.98 Å². The lowest BCUT2D eigenvalue weighted by atomic mass is 10.1.